The molecule has 1 aromatic rings. The van der Waals surface area contributed by atoms with Crippen molar-refractivity contribution in [1.82, 2.24) is 9.97 Å². The van der Waals surface area contributed by atoms with Crippen LogP contribution in [0.3, 0.4) is 0 Å². The third-order valence-corrected chi connectivity index (χ3v) is 2.45. The Labute approximate surface area is 119 Å². The van der Waals surface area contributed by atoms with Gasteiger partial charge in [-0.15, -0.1) is 0 Å². The van der Waals surface area contributed by atoms with Crippen LogP contribution in [0.15, 0.2) is 6.07 Å². The summed E-state index contributed by atoms with van der Waals surface area (Å²) in [6, 6.07) is 1.64. The van der Waals surface area contributed by atoms with Gasteiger partial charge in [0.05, 0.1) is 6.61 Å². The molecule has 0 spiro atoms. The van der Waals surface area contributed by atoms with Crippen molar-refractivity contribution in [2.24, 2.45) is 5.84 Å². The fraction of sp³-hybridized carbons (Fsp3) is 0.692. The molecule has 3 N–H and O–H groups in total. The molecule has 0 aromatic carbocycles. The van der Waals surface area contributed by atoms with E-state index < -0.39 is 0 Å². The molecule has 0 fully saturated rings. The Morgan fingerprint density at radius 3 is 2.70 bits per heavy atom. The number of anilines is 1. The third-order valence-electron chi connectivity index (χ3n) is 2.45. The molecule has 7 heteroatoms. The van der Waals surface area contributed by atoms with Gasteiger partial charge in [-0.05, 0) is 13.3 Å². The number of nitrogens with one attached hydrogen (secondary N) is 1. The summed E-state index contributed by atoms with van der Waals surface area (Å²) in [5.41, 5.74) is 2.48. The lowest BCUT2D eigenvalue weighted by Crippen LogP contribution is -2.13. The Bertz CT molecular complexity index is 377. The first kappa shape index (κ1) is 16.6. The standard InChI is InChI=1S/C13H24N4O3/c1-3-5-6-19-7-8-20-13-9-11(17-14)15-12(16-13)10-18-4-2/h9H,3-8,10,14H2,1-2H3,(H,15,16,17). The zero-order valence-corrected chi connectivity index (χ0v) is 12.2. The van der Waals surface area contributed by atoms with Gasteiger partial charge in [-0.3, -0.25) is 0 Å². The number of ether oxygens (including phenoxy) is 3. The number of rotatable bonds is 11. The fourth-order valence-electron chi connectivity index (χ4n) is 1.43. The van der Waals surface area contributed by atoms with Crippen LogP contribution in [0.5, 0.6) is 5.88 Å². The second-order valence-corrected chi connectivity index (χ2v) is 4.10. The fourth-order valence-corrected chi connectivity index (χ4v) is 1.43. The highest BCUT2D eigenvalue weighted by atomic mass is 16.5. The van der Waals surface area contributed by atoms with Crippen LogP contribution in [0.4, 0.5) is 5.82 Å². The number of nitrogens with two attached hydrogens (primary N) is 1. The Morgan fingerprint density at radius 1 is 1.15 bits per heavy atom. The molecule has 7 nitrogen and oxygen atoms in total. The Balaban J connectivity index is 2.42. The van der Waals surface area contributed by atoms with Crippen LogP contribution in [0.25, 0.3) is 0 Å². The van der Waals surface area contributed by atoms with Gasteiger partial charge >= 0.3 is 0 Å². The molecule has 0 unspecified atom stereocenters. The largest absolute Gasteiger partial charge is 0.475 e. The summed E-state index contributed by atoms with van der Waals surface area (Å²) in [5, 5.41) is 0. The summed E-state index contributed by atoms with van der Waals surface area (Å²) in [6.45, 7) is 6.71. The first-order chi connectivity index (χ1) is 9.80. The van der Waals surface area contributed by atoms with Gasteiger partial charge in [0, 0.05) is 19.3 Å². The van der Waals surface area contributed by atoms with Crippen LogP contribution in [-0.2, 0) is 16.1 Å². The lowest BCUT2D eigenvalue weighted by molar-refractivity contribution is 0.0955. The number of aromatic nitrogens is 2. The van der Waals surface area contributed by atoms with E-state index in [-0.39, 0.29) is 0 Å². The van der Waals surface area contributed by atoms with Gasteiger partial charge in [-0.1, -0.05) is 13.3 Å². The Morgan fingerprint density at radius 2 is 2.00 bits per heavy atom. The number of hydrogen-bond donors (Lipinski definition) is 2. The minimum Gasteiger partial charge on any atom is -0.475 e. The van der Waals surface area contributed by atoms with Crippen molar-refractivity contribution in [3.05, 3.63) is 11.9 Å². The highest BCUT2D eigenvalue weighted by Crippen LogP contribution is 2.13. The smallest absolute Gasteiger partial charge is 0.218 e. The molecule has 1 rings (SSSR count). The quantitative estimate of drug-likeness (QED) is 0.361. The number of unbranched alkanes of at least 4 members (excludes halogenated alkanes) is 1. The van der Waals surface area contributed by atoms with Crippen molar-refractivity contribution in [2.75, 3.05) is 31.9 Å². The average Bonchev–Trinajstić information content (AvgIpc) is 2.48. The Hall–Kier alpha value is -1.44. The van der Waals surface area contributed by atoms with E-state index in [1.54, 1.807) is 6.07 Å². The maximum Gasteiger partial charge on any atom is 0.218 e. The lowest BCUT2D eigenvalue weighted by Gasteiger charge is -2.09. The molecule has 0 aliphatic rings. The molecule has 0 saturated heterocycles. The van der Waals surface area contributed by atoms with Crippen molar-refractivity contribution < 1.29 is 14.2 Å². The lowest BCUT2D eigenvalue weighted by atomic mass is 10.4. The molecule has 0 amide bonds. The van der Waals surface area contributed by atoms with E-state index in [4.69, 9.17) is 20.1 Å². The van der Waals surface area contributed by atoms with Gasteiger partial charge in [0.1, 0.15) is 19.0 Å². The van der Waals surface area contributed by atoms with Gasteiger partial charge in [0.2, 0.25) is 5.88 Å². The first-order valence-corrected chi connectivity index (χ1v) is 6.93. The van der Waals surface area contributed by atoms with E-state index >= 15 is 0 Å². The maximum absolute atomic E-state index is 5.52. The number of hydrazine groups is 1. The predicted molar refractivity (Wildman–Crippen MR) is 76.4 cm³/mol. The summed E-state index contributed by atoms with van der Waals surface area (Å²) in [5.74, 6) is 6.85. The maximum atomic E-state index is 5.52. The molecule has 0 bridgehead atoms. The van der Waals surface area contributed by atoms with Crippen molar-refractivity contribution >= 4 is 5.82 Å². The van der Waals surface area contributed by atoms with Gasteiger partial charge in [0.25, 0.3) is 0 Å². The number of nitrogen functional groups attached to an aromatic ring is 1. The summed E-state index contributed by atoms with van der Waals surface area (Å²) in [4.78, 5) is 8.42. The second-order valence-electron chi connectivity index (χ2n) is 4.10. The van der Waals surface area contributed by atoms with E-state index in [0.717, 1.165) is 19.4 Å². The van der Waals surface area contributed by atoms with Crippen LogP contribution in [0.2, 0.25) is 0 Å². The SMILES string of the molecule is CCCCOCCOc1cc(NN)nc(COCC)n1. The minimum absolute atomic E-state index is 0.329. The molecule has 0 radical (unpaired) electrons. The summed E-state index contributed by atoms with van der Waals surface area (Å²) < 4.78 is 16.2. The van der Waals surface area contributed by atoms with Crippen LogP contribution in [0, 0.1) is 0 Å². The molecule has 0 saturated carbocycles. The van der Waals surface area contributed by atoms with Crippen LogP contribution in [0.1, 0.15) is 32.5 Å². The number of nitrogens with zero attached hydrogens (tertiary/aromatic N) is 2. The summed E-state index contributed by atoms with van der Waals surface area (Å²) >= 11 is 0. The molecule has 1 heterocycles. The zero-order valence-electron chi connectivity index (χ0n) is 12.2. The molecule has 114 valence electrons. The van der Waals surface area contributed by atoms with Crippen molar-refractivity contribution in [3.8, 4) is 5.88 Å². The van der Waals surface area contributed by atoms with Crippen molar-refractivity contribution in [1.29, 1.82) is 0 Å². The topological polar surface area (TPSA) is 91.5 Å². The van der Waals surface area contributed by atoms with Crippen molar-refractivity contribution in [3.63, 3.8) is 0 Å². The van der Waals surface area contributed by atoms with Gasteiger partial charge in [0.15, 0.2) is 5.82 Å². The van der Waals surface area contributed by atoms with Crippen LogP contribution >= 0.6 is 0 Å². The molecule has 1 aromatic heterocycles. The second kappa shape index (κ2) is 10.4. The highest BCUT2D eigenvalue weighted by Gasteiger charge is 2.05. The van der Waals surface area contributed by atoms with E-state index in [1.807, 2.05) is 6.92 Å². The average molecular weight is 284 g/mol. The van der Waals surface area contributed by atoms with E-state index in [0.29, 0.717) is 43.9 Å². The Kier molecular flexibility index (Phi) is 8.61. The van der Waals surface area contributed by atoms with Gasteiger partial charge < -0.3 is 19.6 Å². The van der Waals surface area contributed by atoms with E-state index in [9.17, 15) is 0 Å². The zero-order chi connectivity index (χ0) is 14.6. The first-order valence-electron chi connectivity index (χ1n) is 6.93. The number of hydrogen-bond acceptors (Lipinski definition) is 7. The molecular weight excluding hydrogens is 260 g/mol. The normalized spacial score (nSPS) is 10.6. The molecular formula is C13H24N4O3. The minimum atomic E-state index is 0.329. The monoisotopic (exact) mass is 284 g/mol. The molecule has 20 heavy (non-hydrogen) atoms. The van der Waals surface area contributed by atoms with Crippen molar-refractivity contribution in [2.45, 2.75) is 33.3 Å². The van der Waals surface area contributed by atoms with Crippen LogP contribution in [-0.4, -0.2) is 36.4 Å². The highest BCUT2D eigenvalue weighted by molar-refractivity contribution is 5.36. The van der Waals surface area contributed by atoms with Gasteiger partial charge in [-0.25, -0.2) is 10.8 Å². The predicted octanol–water partition coefficient (Wildman–Crippen LogP) is 1.49. The molecule has 0 aliphatic heterocycles. The van der Waals surface area contributed by atoms with E-state index in [1.165, 1.54) is 0 Å². The summed E-state index contributed by atoms with van der Waals surface area (Å²) in [6.07, 6.45) is 2.19. The molecule has 0 atom stereocenters. The molecule has 0 aliphatic carbocycles. The third kappa shape index (κ3) is 6.65. The van der Waals surface area contributed by atoms with Crippen LogP contribution < -0.4 is 16.0 Å². The summed E-state index contributed by atoms with van der Waals surface area (Å²) in [7, 11) is 0. The van der Waals surface area contributed by atoms with Gasteiger partial charge in [-0.2, -0.15) is 4.98 Å². The van der Waals surface area contributed by atoms with E-state index in [2.05, 4.69) is 22.3 Å².